The molecular weight excluding hydrogens is 246 g/mol. The van der Waals surface area contributed by atoms with Gasteiger partial charge in [-0.3, -0.25) is 4.79 Å². The Morgan fingerprint density at radius 2 is 1.89 bits per heavy atom. The van der Waals surface area contributed by atoms with Gasteiger partial charge in [-0.2, -0.15) is 0 Å². The van der Waals surface area contributed by atoms with Crippen molar-refractivity contribution in [1.82, 2.24) is 14.5 Å². The van der Waals surface area contributed by atoms with Gasteiger partial charge in [-0.1, -0.05) is 0 Å². The number of aromatic hydroxyl groups is 2. The van der Waals surface area contributed by atoms with Gasteiger partial charge in [0.05, 0.1) is 6.54 Å². The molecule has 0 radical (unpaired) electrons. The van der Waals surface area contributed by atoms with E-state index >= 15 is 0 Å². The lowest BCUT2D eigenvalue weighted by atomic mass is 10.1. The largest absolute Gasteiger partial charge is 0.508 e. The summed E-state index contributed by atoms with van der Waals surface area (Å²) in [5.41, 5.74) is 0.275. The summed E-state index contributed by atoms with van der Waals surface area (Å²) in [5, 5.41) is 18.8. The first-order valence-electron chi connectivity index (χ1n) is 5.96. The van der Waals surface area contributed by atoms with Crippen LogP contribution in [0, 0.1) is 0 Å². The van der Waals surface area contributed by atoms with Crippen LogP contribution >= 0.6 is 0 Å². The van der Waals surface area contributed by atoms with E-state index in [4.69, 9.17) is 0 Å². The van der Waals surface area contributed by atoms with E-state index in [9.17, 15) is 15.0 Å². The average molecular weight is 259 g/mol. The molecule has 0 spiro atoms. The van der Waals surface area contributed by atoms with Gasteiger partial charge >= 0.3 is 0 Å². The highest BCUT2D eigenvalue weighted by Crippen LogP contribution is 2.22. The maximum atomic E-state index is 12.3. The van der Waals surface area contributed by atoms with Gasteiger partial charge < -0.3 is 19.7 Å². The number of rotatable bonds is 1. The first-order valence-corrected chi connectivity index (χ1v) is 5.96. The number of fused-ring (bicyclic) bond motifs is 1. The molecule has 0 atom stereocenters. The summed E-state index contributed by atoms with van der Waals surface area (Å²) in [6.07, 6.45) is 3.60. The lowest BCUT2D eigenvalue weighted by Crippen LogP contribution is -2.38. The van der Waals surface area contributed by atoms with Crippen molar-refractivity contribution in [2.24, 2.45) is 0 Å². The number of hydrogen-bond acceptors (Lipinski definition) is 4. The molecule has 0 fully saturated rings. The molecule has 19 heavy (non-hydrogen) atoms. The number of benzene rings is 1. The molecule has 0 saturated heterocycles. The summed E-state index contributed by atoms with van der Waals surface area (Å²) in [6, 6.07) is 3.89. The van der Waals surface area contributed by atoms with Gasteiger partial charge in [-0.05, 0) is 12.1 Å². The van der Waals surface area contributed by atoms with Crippen molar-refractivity contribution in [3.8, 4) is 11.5 Å². The van der Waals surface area contributed by atoms with E-state index in [0.29, 0.717) is 19.6 Å². The number of hydrogen-bond donors (Lipinski definition) is 2. The van der Waals surface area contributed by atoms with Crippen molar-refractivity contribution >= 4 is 5.91 Å². The van der Waals surface area contributed by atoms with Crippen molar-refractivity contribution in [3.05, 3.63) is 42.0 Å². The van der Waals surface area contributed by atoms with Crippen LogP contribution in [0.1, 0.15) is 16.2 Å². The van der Waals surface area contributed by atoms with E-state index in [0.717, 1.165) is 5.82 Å². The number of amides is 1. The zero-order valence-electron chi connectivity index (χ0n) is 10.2. The van der Waals surface area contributed by atoms with Gasteiger partial charge in [0.2, 0.25) is 0 Å². The zero-order valence-corrected chi connectivity index (χ0v) is 10.2. The molecule has 2 N–H and O–H groups in total. The average Bonchev–Trinajstić information content (AvgIpc) is 2.83. The molecule has 1 aromatic carbocycles. The summed E-state index contributed by atoms with van der Waals surface area (Å²) < 4.78 is 2.00. The Morgan fingerprint density at radius 3 is 2.63 bits per heavy atom. The molecule has 0 aliphatic carbocycles. The predicted molar refractivity (Wildman–Crippen MR) is 66.7 cm³/mol. The van der Waals surface area contributed by atoms with Crippen LogP contribution in [0.5, 0.6) is 11.5 Å². The van der Waals surface area contributed by atoms with Crippen molar-refractivity contribution in [2.45, 2.75) is 13.1 Å². The highest BCUT2D eigenvalue weighted by molar-refractivity contribution is 5.95. The van der Waals surface area contributed by atoms with Gasteiger partial charge in [0, 0.05) is 37.1 Å². The van der Waals surface area contributed by atoms with Crippen LogP contribution in [0.3, 0.4) is 0 Å². The molecule has 2 heterocycles. The molecule has 0 unspecified atom stereocenters. The maximum Gasteiger partial charge on any atom is 0.254 e. The third-order valence-corrected chi connectivity index (χ3v) is 3.18. The van der Waals surface area contributed by atoms with E-state index in [1.165, 1.54) is 18.2 Å². The van der Waals surface area contributed by atoms with Crippen LogP contribution in [0.2, 0.25) is 0 Å². The summed E-state index contributed by atoms with van der Waals surface area (Å²) in [4.78, 5) is 18.1. The monoisotopic (exact) mass is 259 g/mol. The van der Waals surface area contributed by atoms with Crippen LogP contribution in [0.25, 0.3) is 0 Å². The number of aromatic nitrogens is 2. The first kappa shape index (κ1) is 11.6. The van der Waals surface area contributed by atoms with Gasteiger partial charge in [-0.25, -0.2) is 4.98 Å². The SMILES string of the molecule is O=C(c1cc(O)cc(O)c1)N1CCn2ccnc2C1. The van der Waals surface area contributed by atoms with Crippen molar-refractivity contribution in [1.29, 1.82) is 0 Å². The predicted octanol–water partition coefficient (Wildman–Crippen LogP) is 0.950. The Labute approximate surface area is 109 Å². The summed E-state index contributed by atoms with van der Waals surface area (Å²) in [5.74, 6) is 0.369. The second kappa shape index (κ2) is 4.31. The van der Waals surface area contributed by atoms with E-state index in [1.807, 2.05) is 10.8 Å². The minimum absolute atomic E-state index is 0.123. The zero-order chi connectivity index (χ0) is 13.4. The van der Waals surface area contributed by atoms with E-state index in [1.54, 1.807) is 11.1 Å². The van der Waals surface area contributed by atoms with Gasteiger partial charge in [-0.15, -0.1) is 0 Å². The molecule has 3 rings (SSSR count). The summed E-state index contributed by atoms with van der Waals surface area (Å²) in [7, 11) is 0. The van der Waals surface area contributed by atoms with E-state index < -0.39 is 0 Å². The molecule has 1 aromatic heterocycles. The van der Waals surface area contributed by atoms with E-state index in [2.05, 4.69) is 4.98 Å². The van der Waals surface area contributed by atoms with Crippen LogP contribution < -0.4 is 0 Å². The van der Waals surface area contributed by atoms with Crippen molar-refractivity contribution in [3.63, 3.8) is 0 Å². The standard InChI is InChI=1S/C13H13N3O3/c17-10-5-9(6-11(18)7-10)13(19)16-4-3-15-2-1-14-12(15)8-16/h1-2,5-7,17-18H,3-4,8H2. The molecule has 1 amide bonds. The molecule has 2 aromatic rings. The fourth-order valence-corrected chi connectivity index (χ4v) is 2.25. The lowest BCUT2D eigenvalue weighted by Gasteiger charge is -2.27. The van der Waals surface area contributed by atoms with Crippen LogP contribution in [-0.2, 0) is 13.1 Å². The quantitative estimate of drug-likeness (QED) is 0.799. The van der Waals surface area contributed by atoms with Crippen LogP contribution in [0.15, 0.2) is 30.6 Å². The van der Waals surface area contributed by atoms with E-state index in [-0.39, 0.29) is 23.0 Å². The Morgan fingerprint density at radius 1 is 1.16 bits per heavy atom. The molecule has 0 saturated carbocycles. The third-order valence-electron chi connectivity index (χ3n) is 3.18. The number of carbonyl (C=O) groups excluding carboxylic acids is 1. The Hall–Kier alpha value is -2.50. The fraction of sp³-hybridized carbons (Fsp3) is 0.231. The number of nitrogens with zero attached hydrogens (tertiary/aromatic N) is 3. The molecular formula is C13H13N3O3. The number of phenols is 2. The highest BCUT2D eigenvalue weighted by Gasteiger charge is 2.22. The Kier molecular flexibility index (Phi) is 2.63. The second-order valence-electron chi connectivity index (χ2n) is 4.50. The van der Waals surface area contributed by atoms with Crippen LogP contribution in [0.4, 0.5) is 0 Å². The van der Waals surface area contributed by atoms with Crippen LogP contribution in [-0.4, -0.2) is 37.1 Å². The lowest BCUT2D eigenvalue weighted by molar-refractivity contribution is 0.0706. The molecule has 1 aliphatic rings. The number of phenolic OH excluding ortho intramolecular Hbond substituents is 2. The Bertz CT molecular complexity index is 616. The highest BCUT2D eigenvalue weighted by atomic mass is 16.3. The smallest absolute Gasteiger partial charge is 0.254 e. The van der Waals surface area contributed by atoms with Crippen molar-refractivity contribution in [2.75, 3.05) is 6.54 Å². The number of imidazole rings is 1. The van der Waals surface area contributed by atoms with Gasteiger partial charge in [0.25, 0.3) is 5.91 Å². The molecule has 6 nitrogen and oxygen atoms in total. The summed E-state index contributed by atoms with van der Waals surface area (Å²) in [6.45, 7) is 1.72. The first-order chi connectivity index (χ1) is 9.13. The van der Waals surface area contributed by atoms with Gasteiger partial charge in [0.1, 0.15) is 17.3 Å². The summed E-state index contributed by atoms with van der Waals surface area (Å²) >= 11 is 0. The maximum absolute atomic E-state index is 12.3. The third kappa shape index (κ3) is 2.12. The minimum atomic E-state index is -0.222. The second-order valence-corrected chi connectivity index (χ2v) is 4.50. The minimum Gasteiger partial charge on any atom is -0.508 e. The molecule has 0 bridgehead atoms. The van der Waals surface area contributed by atoms with Crippen molar-refractivity contribution < 1.29 is 15.0 Å². The fourth-order valence-electron chi connectivity index (χ4n) is 2.25. The topological polar surface area (TPSA) is 78.6 Å². The van der Waals surface area contributed by atoms with Gasteiger partial charge in [0.15, 0.2) is 0 Å². The molecule has 1 aliphatic heterocycles. The molecule has 98 valence electrons. The Balaban J connectivity index is 1.85. The molecule has 6 heteroatoms. The number of carbonyl (C=O) groups is 1. The normalized spacial score (nSPS) is 14.2.